The Hall–Kier alpha value is -2.73. The Kier molecular flexibility index (Phi) is 6.43. The highest BCUT2D eigenvalue weighted by atomic mass is 16.2. The zero-order valence-corrected chi connectivity index (χ0v) is 17.3. The first-order valence-electron chi connectivity index (χ1n) is 11.0. The Balaban J connectivity index is 1.48. The fourth-order valence-electron chi connectivity index (χ4n) is 4.80. The average Bonchev–Trinajstić information content (AvgIpc) is 3.04. The lowest BCUT2D eigenvalue weighted by Gasteiger charge is -2.38. The minimum atomic E-state index is -0.780. The molecule has 1 aromatic heterocycles. The summed E-state index contributed by atoms with van der Waals surface area (Å²) in [6, 6.07) is 15.8. The van der Waals surface area contributed by atoms with Crippen LogP contribution in [-0.4, -0.2) is 47.0 Å². The molecule has 30 heavy (non-hydrogen) atoms. The number of pyridine rings is 1. The fraction of sp³-hybridized carbons (Fsp3) is 0.458. The molecule has 2 aliphatic heterocycles. The van der Waals surface area contributed by atoms with Crippen molar-refractivity contribution in [2.24, 2.45) is 5.92 Å². The van der Waals surface area contributed by atoms with Gasteiger partial charge in [-0.15, -0.1) is 0 Å². The quantitative estimate of drug-likeness (QED) is 0.661. The third-order valence-electron chi connectivity index (χ3n) is 6.44. The molecule has 158 valence electrons. The molecule has 2 fully saturated rings. The molecule has 0 saturated carbocycles. The van der Waals surface area contributed by atoms with Crippen LogP contribution in [0, 0.1) is 5.92 Å². The molecule has 0 unspecified atom stereocenters. The summed E-state index contributed by atoms with van der Waals surface area (Å²) in [5.41, 5.74) is 1.38. The van der Waals surface area contributed by atoms with Crippen LogP contribution in [-0.2, 0) is 17.6 Å². The van der Waals surface area contributed by atoms with Gasteiger partial charge in [0.2, 0.25) is 0 Å². The Bertz CT molecular complexity index is 852. The normalized spacial score (nSPS) is 22.3. The van der Waals surface area contributed by atoms with E-state index in [1.165, 1.54) is 10.5 Å². The van der Waals surface area contributed by atoms with Crippen molar-refractivity contribution in [3.63, 3.8) is 0 Å². The molecule has 0 aliphatic carbocycles. The largest absolute Gasteiger partial charge is 0.325 e. The fourth-order valence-corrected chi connectivity index (χ4v) is 4.80. The van der Waals surface area contributed by atoms with E-state index in [4.69, 9.17) is 0 Å². The van der Waals surface area contributed by atoms with E-state index < -0.39 is 5.54 Å². The van der Waals surface area contributed by atoms with Gasteiger partial charge in [-0.1, -0.05) is 36.4 Å². The van der Waals surface area contributed by atoms with E-state index in [0.717, 1.165) is 44.5 Å². The second-order valence-corrected chi connectivity index (χ2v) is 8.29. The van der Waals surface area contributed by atoms with Gasteiger partial charge in [0, 0.05) is 24.9 Å². The highest BCUT2D eigenvalue weighted by molar-refractivity contribution is 6.07. The maximum atomic E-state index is 13.6. The lowest BCUT2D eigenvalue weighted by molar-refractivity contribution is -0.134. The third kappa shape index (κ3) is 4.38. The number of urea groups is 1. The number of aromatic nitrogens is 1. The number of amides is 3. The highest BCUT2D eigenvalue weighted by Crippen LogP contribution is 2.36. The van der Waals surface area contributed by atoms with E-state index in [-0.39, 0.29) is 17.9 Å². The van der Waals surface area contributed by atoms with Crippen molar-refractivity contribution in [1.82, 2.24) is 20.5 Å². The summed E-state index contributed by atoms with van der Waals surface area (Å²) in [7, 11) is 0. The van der Waals surface area contributed by atoms with Gasteiger partial charge in [-0.25, -0.2) is 4.79 Å². The standard InChI is InChI=1S/C24H30N4O2/c29-22-24(20-11-16-25-17-12-20,14-6-9-19-7-2-1-3-8-19)27-23(30)28(22)18-13-21-10-4-5-15-26-21/h1-5,7-8,10,15,20,25H,6,9,11-14,16-18H2,(H,27,30)/t24-/m0/s1. The van der Waals surface area contributed by atoms with E-state index in [2.05, 4.69) is 27.8 Å². The zero-order valence-electron chi connectivity index (χ0n) is 17.3. The van der Waals surface area contributed by atoms with Gasteiger partial charge < -0.3 is 10.6 Å². The van der Waals surface area contributed by atoms with Gasteiger partial charge in [0.05, 0.1) is 0 Å². The van der Waals surface area contributed by atoms with Crippen LogP contribution < -0.4 is 10.6 Å². The molecule has 2 saturated heterocycles. The number of nitrogens with zero attached hydrogens (tertiary/aromatic N) is 2. The maximum Gasteiger partial charge on any atom is 0.325 e. The van der Waals surface area contributed by atoms with Crippen molar-refractivity contribution in [1.29, 1.82) is 0 Å². The van der Waals surface area contributed by atoms with Crippen molar-refractivity contribution >= 4 is 11.9 Å². The summed E-state index contributed by atoms with van der Waals surface area (Å²) in [4.78, 5) is 32.2. The molecule has 0 spiro atoms. The number of hydrogen-bond acceptors (Lipinski definition) is 4. The smallest absolute Gasteiger partial charge is 0.323 e. The molecule has 1 atom stereocenters. The van der Waals surface area contributed by atoms with E-state index in [0.29, 0.717) is 19.4 Å². The van der Waals surface area contributed by atoms with Crippen LogP contribution in [0.1, 0.15) is 36.9 Å². The Labute approximate surface area is 178 Å². The first-order chi connectivity index (χ1) is 14.7. The van der Waals surface area contributed by atoms with Gasteiger partial charge >= 0.3 is 6.03 Å². The molecule has 4 rings (SSSR count). The number of rotatable bonds is 8. The van der Waals surface area contributed by atoms with Gasteiger partial charge in [-0.3, -0.25) is 14.7 Å². The molecule has 2 aromatic rings. The molecule has 2 N–H and O–H groups in total. The summed E-state index contributed by atoms with van der Waals surface area (Å²) in [5.74, 6) is 0.120. The summed E-state index contributed by atoms with van der Waals surface area (Å²) in [6.45, 7) is 2.15. The zero-order chi connectivity index (χ0) is 20.8. The van der Waals surface area contributed by atoms with Crippen LogP contribution in [0.2, 0.25) is 0 Å². The van der Waals surface area contributed by atoms with E-state index in [9.17, 15) is 9.59 Å². The summed E-state index contributed by atoms with van der Waals surface area (Å²) < 4.78 is 0. The maximum absolute atomic E-state index is 13.6. The molecule has 2 aliphatic rings. The molecule has 1 aromatic carbocycles. The van der Waals surface area contributed by atoms with Crippen LogP contribution in [0.25, 0.3) is 0 Å². The topological polar surface area (TPSA) is 74.3 Å². The van der Waals surface area contributed by atoms with Gasteiger partial charge in [0.1, 0.15) is 5.54 Å². The van der Waals surface area contributed by atoms with Crippen molar-refractivity contribution in [2.75, 3.05) is 19.6 Å². The van der Waals surface area contributed by atoms with Crippen molar-refractivity contribution in [3.8, 4) is 0 Å². The molecular formula is C24H30N4O2. The minimum Gasteiger partial charge on any atom is -0.323 e. The van der Waals surface area contributed by atoms with Crippen LogP contribution in [0.3, 0.4) is 0 Å². The number of aryl methyl sites for hydroxylation is 1. The van der Waals surface area contributed by atoms with Crippen molar-refractivity contribution in [2.45, 2.75) is 44.1 Å². The third-order valence-corrected chi connectivity index (χ3v) is 6.44. The lowest BCUT2D eigenvalue weighted by atomic mass is 9.74. The molecule has 0 bridgehead atoms. The van der Waals surface area contributed by atoms with Crippen LogP contribution >= 0.6 is 0 Å². The van der Waals surface area contributed by atoms with E-state index >= 15 is 0 Å². The molecule has 6 nitrogen and oxygen atoms in total. The number of hydrogen-bond donors (Lipinski definition) is 2. The Morgan fingerprint density at radius 1 is 1.00 bits per heavy atom. The molecule has 3 heterocycles. The van der Waals surface area contributed by atoms with E-state index in [1.54, 1.807) is 6.20 Å². The number of imide groups is 1. The van der Waals surface area contributed by atoms with Crippen molar-refractivity contribution in [3.05, 3.63) is 66.0 Å². The highest BCUT2D eigenvalue weighted by Gasteiger charge is 2.54. The Morgan fingerprint density at radius 3 is 2.50 bits per heavy atom. The number of carbonyl (C=O) groups excluding carboxylic acids is 2. The predicted octanol–water partition coefficient (Wildman–Crippen LogP) is 2.94. The van der Waals surface area contributed by atoms with Gasteiger partial charge in [-0.2, -0.15) is 0 Å². The molecule has 6 heteroatoms. The lowest BCUT2D eigenvalue weighted by Crippen LogP contribution is -2.55. The number of carbonyl (C=O) groups is 2. The van der Waals surface area contributed by atoms with Gasteiger partial charge in [0.25, 0.3) is 5.91 Å². The number of benzene rings is 1. The SMILES string of the molecule is O=C1N[C@@](CCCc2ccccc2)(C2CCNCC2)C(=O)N1CCc1ccccn1. The van der Waals surface area contributed by atoms with Gasteiger partial charge in [-0.05, 0) is 68.8 Å². The second-order valence-electron chi connectivity index (χ2n) is 8.29. The molecule has 0 radical (unpaired) electrons. The number of piperidine rings is 1. The van der Waals surface area contributed by atoms with Gasteiger partial charge in [0.15, 0.2) is 0 Å². The molecule has 3 amide bonds. The number of nitrogens with one attached hydrogen (secondary N) is 2. The van der Waals surface area contributed by atoms with Crippen LogP contribution in [0.5, 0.6) is 0 Å². The monoisotopic (exact) mass is 406 g/mol. The van der Waals surface area contributed by atoms with Crippen LogP contribution in [0.4, 0.5) is 4.79 Å². The van der Waals surface area contributed by atoms with Crippen LogP contribution in [0.15, 0.2) is 54.7 Å². The Morgan fingerprint density at radius 2 is 1.77 bits per heavy atom. The van der Waals surface area contributed by atoms with E-state index in [1.807, 2.05) is 36.4 Å². The summed E-state index contributed by atoms with van der Waals surface area (Å²) in [6.07, 6.45) is 6.59. The predicted molar refractivity (Wildman–Crippen MR) is 116 cm³/mol. The van der Waals surface area contributed by atoms with Crippen molar-refractivity contribution < 1.29 is 9.59 Å². The molecular weight excluding hydrogens is 376 g/mol. The summed E-state index contributed by atoms with van der Waals surface area (Å²) >= 11 is 0. The first-order valence-corrected chi connectivity index (χ1v) is 11.0. The first kappa shape index (κ1) is 20.5. The minimum absolute atomic E-state index is 0.0524. The average molecular weight is 407 g/mol. The second kappa shape index (κ2) is 9.39. The summed E-state index contributed by atoms with van der Waals surface area (Å²) in [5, 5.41) is 6.52.